The molecule has 1 aliphatic heterocycles. The molecule has 7 heteroatoms. The summed E-state index contributed by atoms with van der Waals surface area (Å²) >= 11 is 0. The van der Waals surface area contributed by atoms with Gasteiger partial charge in [-0.3, -0.25) is 14.7 Å². The zero-order valence-corrected chi connectivity index (χ0v) is 13.5. The number of amides is 1. The zero-order valence-electron chi connectivity index (χ0n) is 13.5. The number of likely N-dealkylation sites (tertiary alicyclic amines) is 1. The van der Waals surface area contributed by atoms with Crippen LogP contribution < -0.4 is 5.32 Å². The van der Waals surface area contributed by atoms with E-state index in [0.29, 0.717) is 12.0 Å². The fourth-order valence-corrected chi connectivity index (χ4v) is 3.03. The topological polar surface area (TPSA) is 58.1 Å². The zero-order chi connectivity index (χ0) is 17.3. The second-order valence-corrected chi connectivity index (χ2v) is 6.01. The summed E-state index contributed by atoms with van der Waals surface area (Å²) in [7, 11) is 1.89. The molecule has 24 heavy (non-hydrogen) atoms. The van der Waals surface area contributed by atoms with Crippen molar-refractivity contribution in [2.45, 2.75) is 25.4 Å². The van der Waals surface area contributed by atoms with Crippen LogP contribution in [-0.4, -0.2) is 40.4 Å². The lowest BCUT2D eigenvalue weighted by Gasteiger charge is -2.26. The minimum Gasteiger partial charge on any atom is -0.346 e. The SMILES string of the molecule is Cc1cnc(C(=O)NC2CCN(C)C2c2ccc(F)c(F)c2)cn1. The molecule has 1 saturated heterocycles. The van der Waals surface area contributed by atoms with Crippen LogP contribution >= 0.6 is 0 Å². The number of nitrogens with one attached hydrogen (secondary N) is 1. The molecule has 2 unspecified atom stereocenters. The highest BCUT2D eigenvalue weighted by molar-refractivity contribution is 5.92. The van der Waals surface area contributed by atoms with Crippen LogP contribution in [0.4, 0.5) is 8.78 Å². The molecule has 126 valence electrons. The van der Waals surface area contributed by atoms with Crippen LogP contribution in [0.2, 0.25) is 0 Å². The van der Waals surface area contributed by atoms with Gasteiger partial charge in [0.15, 0.2) is 11.6 Å². The van der Waals surface area contributed by atoms with E-state index in [1.54, 1.807) is 13.0 Å². The first-order valence-electron chi connectivity index (χ1n) is 7.70. The molecule has 1 fully saturated rings. The second kappa shape index (κ2) is 6.60. The molecule has 1 amide bonds. The van der Waals surface area contributed by atoms with E-state index in [1.165, 1.54) is 18.5 Å². The first-order valence-corrected chi connectivity index (χ1v) is 7.70. The van der Waals surface area contributed by atoms with Gasteiger partial charge in [-0.15, -0.1) is 0 Å². The minimum atomic E-state index is -0.887. The van der Waals surface area contributed by atoms with Crippen LogP contribution in [-0.2, 0) is 0 Å². The van der Waals surface area contributed by atoms with Crippen LogP contribution in [0, 0.1) is 18.6 Å². The highest BCUT2D eigenvalue weighted by Gasteiger charge is 2.34. The van der Waals surface area contributed by atoms with Gasteiger partial charge in [0, 0.05) is 12.7 Å². The van der Waals surface area contributed by atoms with Crippen LogP contribution in [0.3, 0.4) is 0 Å². The smallest absolute Gasteiger partial charge is 0.271 e. The molecule has 0 radical (unpaired) electrons. The third kappa shape index (κ3) is 3.26. The lowest BCUT2D eigenvalue weighted by atomic mass is 9.99. The number of benzene rings is 1. The first-order chi connectivity index (χ1) is 11.5. The van der Waals surface area contributed by atoms with Gasteiger partial charge in [-0.25, -0.2) is 13.8 Å². The maximum atomic E-state index is 13.6. The molecule has 1 N–H and O–H groups in total. The van der Waals surface area contributed by atoms with Gasteiger partial charge in [0.05, 0.1) is 24.0 Å². The van der Waals surface area contributed by atoms with Crippen LogP contribution in [0.25, 0.3) is 0 Å². The number of halogens is 2. The van der Waals surface area contributed by atoms with Crippen molar-refractivity contribution in [1.82, 2.24) is 20.2 Å². The number of rotatable bonds is 3. The van der Waals surface area contributed by atoms with E-state index in [1.807, 2.05) is 11.9 Å². The molecular weight excluding hydrogens is 314 g/mol. The lowest BCUT2D eigenvalue weighted by molar-refractivity contribution is 0.0922. The highest BCUT2D eigenvalue weighted by atomic mass is 19.2. The van der Waals surface area contributed by atoms with Crippen molar-refractivity contribution in [1.29, 1.82) is 0 Å². The number of carbonyl (C=O) groups is 1. The normalized spacial score (nSPS) is 21.0. The Morgan fingerprint density at radius 3 is 2.71 bits per heavy atom. The molecule has 0 aliphatic carbocycles. The Morgan fingerprint density at radius 1 is 1.25 bits per heavy atom. The van der Waals surface area contributed by atoms with Crippen LogP contribution in [0.5, 0.6) is 0 Å². The maximum Gasteiger partial charge on any atom is 0.271 e. The molecule has 5 nitrogen and oxygen atoms in total. The monoisotopic (exact) mass is 332 g/mol. The van der Waals surface area contributed by atoms with Crippen molar-refractivity contribution in [3.05, 3.63) is 59.2 Å². The molecule has 0 spiro atoms. The van der Waals surface area contributed by atoms with Crippen LogP contribution in [0.1, 0.15) is 34.2 Å². The van der Waals surface area contributed by atoms with Gasteiger partial charge >= 0.3 is 0 Å². The van der Waals surface area contributed by atoms with Crippen molar-refractivity contribution in [3.8, 4) is 0 Å². The average Bonchev–Trinajstić information content (AvgIpc) is 2.91. The standard InChI is InChI=1S/C17H18F2N4O/c1-10-8-21-15(9-20-10)17(24)22-14-5-6-23(2)16(14)11-3-4-12(18)13(19)7-11/h3-4,7-9,14,16H,5-6H2,1-2H3,(H,22,24). The third-order valence-electron chi connectivity index (χ3n) is 4.26. The Kier molecular flexibility index (Phi) is 4.53. The largest absolute Gasteiger partial charge is 0.346 e. The van der Waals surface area contributed by atoms with E-state index in [2.05, 4.69) is 15.3 Å². The quantitative estimate of drug-likeness (QED) is 0.936. The number of hydrogen-bond acceptors (Lipinski definition) is 4. The number of aryl methyl sites for hydroxylation is 1. The van der Waals surface area contributed by atoms with Gasteiger partial charge in [-0.1, -0.05) is 6.07 Å². The molecule has 1 aromatic heterocycles. The summed E-state index contributed by atoms with van der Waals surface area (Å²) in [6.07, 6.45) is 3.67. The van der Waals surface area contributed by atoms with Gasteiger partial charge in [-0.2, -0.15) is 0 Å². The van der Waals surface area contributed by atoms with Crippen molar-refractivity contribution in [2.24, 2.45) is 0 Å². The summed E-state index contributed by atoms with van der Waals surface area (Å²) < 4.78 is 26.7. The number of likely N-dealkylation sites (N-methyl/N-ethyl adjacent to an activating group) is 1. The summed E-state index contributed by atoms with van der Waals surface area (Å²) in [5.41, 5.74) is 1.60. The van der Waals surface area contributed by atoms with E-state index >= 15 is 0 Å². The van der Waals surface area contributed by atoms with Gasteiger partial charge in [0.2, 0.25) is 0 Å². The number of nitrogens with zero attached hydrogens (tertiary/aromatic N) is 3. The Morgan fingerprint density at radius 2 is 2.04 bits per heavy atom. The molecule has 0 bridgehead atoms. The second-order valence-electron chi connectivity index (χ2n) is 6.01. The highest BCUT2D eigenvalue weighted by Crippen LogP contribution is 2.31. The Balaban J connectivity index is 1.80. The van der Waals surface area contributed by atoms with Crippen LogP contribution in [0.15, 0.2) is 30.6 Å². The van der Waals surface area contributed by atoms with Gasteiger partial charge in [0.1, 0.15) is 5.69 Å². The Hall–Kier alpha value is -2.41. The summed E-state index contributed by atoms with van der Waals surface area (Å²) in [6, 6.07) is 3.42. The van der Waals surface area contributed by atoms with Gasteiger partial charge < -0.3 is 5.32 Å². The molecule has 2 heterocycles. The molecule has 2 aromatic rings. The van der Waals surface area contributed by atoms with E-state index in [4.69, 9.17) is 0 Å². The van der Waals surface area contributed by atoms with Crippen molar-refractivity contribution < 1.29 is 13.6 Å². The summed E-state index contributed by atoms with van der Waals surface area (Å²) in [4.78, 5) is 22.5. The number of hydrogen-bond donors (Lipinski definition) is 1. The summed E-state index contributed by atoms with van der Waals surface area (Å²) in [5.74, 6) is -2.09. The molecular formula is C17H18F2N4O. The Labute approximate surface area is 138 Å². The first kappa shape index (κ1) is 16.4. The predicted molar refractivity (Wildman–Crippen MR) is 84.4 cm³/mol. The fraction of sp³-hybridized carbons (Fsp3) is 0.353. The molecule has 1 aliphatic rings. The van der Waals surface area contributed by atoms with E-state index in [0.717, 1.165) is 18.3 Å². The van der Waals surface area contributed by atoms with Gasteiger partial charge in [0.25, 0.3) is 5.91 Å². The Bertz CT molecular complexity index is 751. The molecule has 1 aromatic carbocycles. The van der Waals surface area contributed by atoms with E-state index in [-0.39, 0.29) is 23.7 Å². The van der Waals surface area contributed by atoms with Crippen molar-refractivity contribution >= 4 is 5.91 Å². The lowest BCUT2D eigenvalue weighted by Crippen LogP contribution is -2.39. The maximum absolute atomic E-state index is 13.6. The summed E-state index contributed by atoms with van der Waals surface area (Å²) in [5, 5.41) is 2.93. The summed E-state index contributed by atoms with van der Waals surface area (Å²) in [6.45, 7) is 2.54. The number of carbonyl (C=O) groups excluding carboxylic acids is 1. The van der Waals surface area contributed by atoms with Gasteiger partial charge in [-0.05, 0) is 38.1 Å². The van der Waals surface area contributed by atoms with Crippen molar-refractivity contribution in [2.75, 3.05) is 13.6 Å². The average molecular weight is 332 g/mol. The third-order valence-corrected chi connectivity index (χ3v) is 4.26. The predicted octanol–water partition coefficient (Wildman–Crippen LogP) is 2.24. The van der Waals surface area contributed by atoms with E-state index in [9.17, 15) is 13.6 Å². The molecule has 2 atom stereocenters. The van der Waals surface area contributed by atoms with Crippen molar-refractivity contribution in [3.63, 3.8) is 0 Å². The molecule has 0 saturated carbocycles. The minimum absolute atomic E-state index is 0.213. The van der Waals surface area contributed by atoms with E-state index < -0.39 is 11.6 Å². The fourth-order valence-electron chi connectivity index (χ4n) is 3.03. The molecule has 3 rings (SSSR count). The number of aromatic nitrogens is 2.